The number of piperidine rings is 1. The van der Waals surface area contributed by atoms with Crippen LogP contribution in [0.5, 0.6) is 0 Å². The number of benzene rings is 1. The Morgan fingerprint density at radius 1 is 1.42 bits per heavy atom. The molecule has 0 bridgehead atoms. The number of likely N-dealkylation sites (tertiary alicyclic amines) is 1. The molecule has 0 saturated carbocycles. The fraction of sp³-hybridized carbons (Fsp3) is 0.500. The van der Waals surface area contributed by atoms with E-state index in [1.807, 2.05) is 23.1 Å². The number of hydrogen-bond acceptors (Lipinski definition) is 2. The Hall–Kier alpha value is -0.140. The molecule has 0 spiro atoms. The quantitative estimate of drug-likeness (QED) is 0.689. The molecule has 2 saturated heterocycles. The van der Waals surface area contributed by atoms with Crippen molar-refractivity contribution >= 4 is 44.4 Å². The molecule has 0 aliphatic carbocycles. The van der Waals surface area contributed by atoms with E-state index in [2.05, 4.69) is 43.8 Å². The lowest BCUT2D eigenvalue weighted by atomic mass is 9.94. The number of amides is 1. The summed E-state index contributed by atoms with van der Waals surface area (Å²) in [4.78, 5) is 14.6. The highest BCUT2D eigenvalue weighted by Crippen LogP contribution is 2.28. The predicted octanol–water partition coefficient (Wildman–Crippen LogP) is 2.88. The minimum Gasteiger partial charge on any atom is -0.337 e. The van der Waals surface area contributed by atoms with Crippen molar-refractivity contribution < 1.29 is 4.79 Å². The number of rotatable bonds is 1. The van der Waals surface area contributed by atoms with Crippen molar-refractivity contribution in [1.29, 1.82) is 0 Å². The first kappa shape index (κ1) is 13.8. The van der Waals surface area contributed by atoms with Gasteiger partial charge in [-0.05, 0) is 82.0 Å². The van der Waals surface area contributed by atoms with Crippen LogP contribution in [-0.4, -0.2) is 36.5 Å². The van der Waals surface area contributed by atoms with Crippen molar-refractivity contribution in [3.05, 3.63) is 31.8 Å². The highest BCUT2D eigenvalue weighted by molar-refractivity contribution is 14.1. The Kier molecular flexibility index (Phi) is 4.14. The van der Waals surface area contributed by atoms with Crippen LogP contribution in [0.25, 0.3) is 0 Å². The van der Waals surface area contributed by atoms with E-state index in [0.29, 0.717) is 12.0 Å². The van der Waals surface area contributed by atoms with Crippen LogP contribution in [0.15, 0.2) is 22.7 Å². The van der Waals surface area contributed by atoms with Gasteiger partial charge in [0.25, 0.3) is 5.91 Å². The molecule has 2 atom stereocenters. The minimum absolute atomic E-state index is 0.154. The number of carbonyl (C=O) groups excluding carboxylic acids is 1. The number of carbonyl (C=O) groups is 1. The first-order chi connectivity index (χ1) is 9.15. The second-order valence-electron chi connectivity index (χ2n) is 5.30. The maximum atomic E-state index is 12.6. The van der Waals surface area contributed by atoms with Crippen molar-refractivity contribution in [2.75, 3.05) is 19.6 Å². The summed E-state index contributed by atoms with van der Waals surface area (Å²) in [7, 11) is 0. The lowest BCUT2D eigenvalue weighted by Gasteiger charge is -2.24. The van der Waals surface area contributed by atoms with Gasteiger partial charge in [-0.1, -0.05) is 0 Å². The Labute approximate surface area is 135 Å². The zero-order chi connectivity index (χ0) is 13.4. The van der Waals surface area contributed by atoms with Gasteiger partial charge in [-0.15, -0.1) is 0 Å². The predicted molar refractivity (Wildman–Crippen MR) is 87.3 cm³/mol. The Bertz CT molecular complexity index is 494. The third-order valence-electron chi connectivity index (χ3n) is 4.05. The largest absolute Gasteiger partial charge is 0.337 e. The van der Waals surface area contributed by atoms with E-state index in [1.165, 1.54) is 12.8 Å². The van der Waals surface area contributed by atoms with Gasteiger partial charge in [0.1, 0.15) is 0 Å². The standard InChI is InChI=1S/C14H16BrIN2O/c15-12-4-3-10(16)6-11(12)14(19)18-7-9-2-1-5-17-13(9)8-18/h3-4,6,9,13,17H,1-2,5,7-8H2. The summed E-state index contributed by atoms with van der Waals surface area (Å²) >= 11 is 5.74. The third kappa shape index (κ3) is 2.83. The fourth-order valence-corrected chi connectivity index (χ4v) is 3.95. The topological polar surface area (TPSA) is 32.3 Å². The van der Waals surface area contributed by atoms with Crippen LogP contribution in [-0.2, 0) is 0 Å². The van der Waals surface area contributed by atoms with E-state index in [-0.39, 0.29) is 5.91 Å². The van der Waals surface area contributed by atoms with Gasteiger partial charge in [0.05, 0.1) is 5.56 Å². The average molecular weight is 435 g/mol. The van der Waals surface area contributed by atoms with Gasteiger partial charge < -0.3 is 10.2 Å². The van der Waals surface area contributed by atoms with Gasteiger partial charge in [0.2, 0.25) is 0 Å². The first-order valence-electron chi connectivity index (χ1n) is 6.63. The molecule has 2 heterocycles. The monoisotopic (exact) mass is 434 g/mol. The van der Waals surface area contributed by atoms with Gasteiger partial charge in [0.15, 0.2) is 0 Å². The van der Waals surface area contributed by atoms with Gasteiger partial charge in [-0.2, -0.15) is 0 Å². The number of hydrogen-bond donors (Lipinski definition) is 1. The van der Waals surface area contributed by atoms with Crippen molar-refractivity contribution in [1.82, 2.24) is 10.2 Å². The molecule has 0 aromatic heterocycles. The van der Waals surface area contributed by atoms with Crippen molar-refractivity contribution in [3.63, 3.8) is 0 Å². The molecule has 2 unspecified atom stereocenters. The molecule has 1 amide bonds. The lowest BCUT2D eigenvalue weighted by molar-refractivity contribution is 0.0784. The molecule has 2 fully saturated rings. The highest BCUT2D eigenvalue weighted by atomic mass is 127. The molecule has 5 heteroatoms. The average Bonchev–Trinajstić information content (AvgIpc) is 2.84. The summed E-state index contributed by atoms with van der Waals surface area (Å²) in [5.74, 6) is 0.792. The number of fused-ring (bicyclic) bond motifs is 1. The maximum Gasteiger partial charge on any atom is 0.255 e. The van der Waals surface area contributed by atoms with Crippen molar-refractivity contribution in [2.45, 2.75) is 18.9 Å². The molecular weight excluding hydrogens is 419 g/mol. The molecule has 3 rings (SSSR count). The van der Waals surface area contributed by atoms with E-state index in [0.717, 1.165) is 33.2 Å². The van der Waals surface area contributed by atoms with E-state index >= 15 is 0 Å². The first-order valence-corrected chi connectivity index (χ1v) is 8.50. The van der Waals surface area contributed by atoms with E-state index < -0.39 is 0 Å². The van der Waals surface area contributed by atoms with Crippen LogP contribution < -0.4 is 5.32 Å². The highest BCUT2D eigenvalue weighted by Gasteiger charge is 2.36. The van der Waals surface area contributed by atoms with Gasteiger partial charge in [-0.25, -0.2) is 0 Å². The van der Waals surface area contributed by atoms with E-state index in [1.54, 1.807) is 0 Å². The van der Waals surface area contributed by atoms with Crippen LogP contribution in [0.2, 0.25) is 0 Å². The molecule has 2 aliphatic heterocycles. The Balaban J connectivity index is 1.79. The second kappa shape index (κ2) is 5.69. The molecule has 1 aromatic rings. The zero-order valence-electron chi connectivity index (χ0n) is 10.5. The normalized spacial score (nSPS) is 26.3. The van der Waals surface area contributed by atoms with Crippen LogP contribution in [0, 0.1) is 9.49 Å². The Morgan fingerprint density at radius 3 is 3.05 bits per heavy atom. The summed E-state index contributed by atoms with van der Waals surface area (Å²) in [6.45, 7) is 2.84. The van der Waals surface area contributed by atoms with Crippen LogP contribution in [0.3, 0.4) is 0 Å². The van der Waals surface area contributed by atoms with Gasteiger partial charge >= 0.3 is 0 Å². The van der Waals surface area contributed by atoms with E-state index in [9.17, 15) is 4.79 Å². The van der Waals surface area contributed by atoms with E-state index in [4.69, 9.17) is 0 Å². The van der Waals surface area contributed by atoms with Crippen molar-refractivity contribution in [2.24, 2.45) is 5.92 Å². The summed E-state index contributed by atoms with van der Waals surface area (Å²) in [6, 6.07) is 6.42. The second-order valence-corrected chi connectivity index (χ2v) is 7.40. The SMILES string of the molecule is O=C(c1cc(I)ccc1Br)N1CC2CCCNC2C1. The molecule has 3 nitrogen and oxygen atoms in total. The maximum absolute atomic E-state index is 12.6. The molecule has 2 aliphatic rings. The zero-order valence-corrected chi connectivity index (χ0v) is 14.3. The number of nitrogens with one attached hydrogen (secondary N) is 1. The third-order valence-corrected chi connectivity index (χ3v) is 5.41. The van der Waals surface area contributed by atoms with Gasteiger partial charge in [-0.3, -0.25) is 4.79 Å². The van der Waals surface area contributed by atoms with Crippen LogP contribution in [0.4, 0.5) is 0 Å². The molecule has 19 heavy (non-hydrogen) atoms. The molecular formula is C14H16BrIN2O. The molecule has 1 N–H and O–H groups in total. The summed E-state index contributed by atoms with van der Waals surface area (Å²) in [5.41, 5.74) is 0.783. The van der Waals surface area contributed by atoms with Gasteiger partial charge in [0, 0.05) is 27.2 Å². The fourth-order valence-electron chi connectivity index (χ4n) is 3.04. The molecule has 0 radical (unpaired) electrons. The number of halogens is 2. The Morgan fingerprint density at radius 2 is 2.26 bits per heavy atom. The summed E-state index contributed by atoms with van der Waals surface area (Å²) in [6.07, 6.45) is 2.48. The van der Waals surface area contributed by atoms with Crippen molar-refractivity contribution in [3.8, 4) is 0 Å². The summed E-state index contributed by atoms with van der Waals surface area (Å²) in [5, 5.41) is 3.54. The smallest absolute Gasteiger partial charge is 0.255 e. The lowest BCUT2D eigenvalue weighted by Crippen LogP contribution is -2.41. The minimum atomic E-state index is 0.154. The summed E-state index contributed by atoms with van der Waals surface area (Å²) < 4.78 is 1.99. The molecule has 1 aromatic carbocycles. The molecule has 102 valence electrons. The van der Waals surface area contributed by atoms with Crippen LogP contribution >= 0.6 is 38.5 Å². The van der Waals surface area contributed by atoms with Crippen LogP contribution in [0.1, 0.15) is 23.2 Å². The number of nitrogens with zero attached hydrogens (tertiary/aromatic N) is 1.